The Labute approximate surface area is 248 Å². The molecule has 0 saturated carbocycles. The van der Waals surface area contributed by atoms with E-state index in [4.69, 9.17) is 28.4 Å². The van der Waals surface area contributed by atoms with Crippen molar-refractivity contribution >= 4 is 47.5 Å². The van der Waals surface area contributed by atoms with Gasteiger partial charge in [-0.1, -0.05) is 18.2 Å². The number of esters is 6. The number of rotatable bonds is 13. The summed E-state index contributed by atoms with van der Waals surface area (Å²) in [6.45, 7) is 7.28. The fourth-order valence-corrected chi connectivity index (χ4v) is 4.70. The van der Waals surface area contributed by atoms with E-state index in [1.807, 2.05) is 0 Å². The summed E-state index contributed by atoms with van der Waals surface area (Å²) in [5, 5.41) is 0. The van der Waals surface area contributed by atoms with Crippen molar-refractivity contribution in [1.82, 2.24) is 4.90 Å². The number of nitrogens with zero attached hydrogens (tertiary/aromatic N) is 2. The van der Waals surface area contributed by atoms with Crippen molar-refractivity contribution in [3.63, 3.8) is 0 Å². The molecule has 1 heterocycles. The number of carbonyl (C=O) groups is 7. The first-order chi connectivity index (χ1) is 20.2. The maximum atomic E-state index is 13.8. The molecule has 0 unspecified atom stereocenters. The highest BCUT2D eigenvalue weighted by molar-refractivity contribution is 5.96. The number of urea groups is 1. The highest BCUT2D eigenvalue weighted by Crippen LogP contribution is 2.35. The molecular weight excluding hydrogens is 572 g/mol. The van der Waals surface area contributed by atoms with Crippen LogP contribution in [0, 0.1) is 0 Å². The Balaban J connectivity index is 2.84. The predicted molar refractivity (Wildman–Crippen MR) is 145 cm³/mol. The van der Waals surface area contributed by atoms with Crippen molar-refractivity contribution in [3.05, 3.63) is 30.3 Å². The second kappa shape index (κ2) is 15.5. The normalized spacial score (nSPS) is 18.9. The molecule has 0 spiro atoms. The summed E-state index contributed by atoms with van der Waals surface area (Å²) >= 11 is 0. The van der Waals surface area contributed by atoms with Gasteiger partial charge in [-0.25, -0.2) is 4.79 Å². The molecule has 0 N–H and O–H groups in total. The van der Waals surface area contributed by atoms with E-state index in [-0.39, 0.29) is 6.54 Å². The van der Waals surface area contributed by atoms with Crippen molar-refractivity contribution < 1.29 is 62.0 Å². The van der Waals surface area contributed by atoms with Crippen molar-refractivity contribution in [2.45, 2.75) is 85.2 Å². The molecule has 1 aliphatic heterocycles. The molecule has 236 valence electrons. The molecule has 1 fully saturated rings. The molecule has 0 aromatic heterocycles. The lowest BCUT2D eigenvalue weighted by atomic mass is 9.95. The molecule has 43 heavy (non-hydrogen) atoms. The number of ether oxygens (including phenoxy) is 6. The molecule has 1 aromatic rings. The molecular formula is C28H36N2O13. The van der Waals surface area contributed by atoms with Crippen molar-refractivity contribution in [3.8, 4) is 0 Å². The topological polar surface area (TPSA) is 181 Å². The molecule has 0 aliphatic carbocycles. The van der Waals surface area contributed by atoms with Gasteiger partial charge in [-0.15, -0.1) is 0 Å². The maximum Gasteiger partial charge on any atom is 0.328 e. The van der Waals surface area contributed by atoms with Crippen LogP contribution in [0.2, 0.25) is 0 Å². The number of amides is 2. The Hall–Kier alpha value is -4.69. The van der Waals surface area contributed by atoms with Crippen LogP contribution in [0.3, 0.4) is 0 Å². The second-order valence-electron chi connectivity index (χ2n) is 9.44. The zero-order valence-electron chi connectivity index (χ0n) is 25.0. The van der Waals surface area contributed by atoms with E-state index < -0.39 is 85.1 Å². The van der Waals surface area contributed by atoms with Crippen molar-refractivity contribution in [2.75, 3.05) is 18.1 Å². The summed E-state index contributed by atoms with van der Waals surface area (Å²) in [5.74, 6) is -5.22. The van der Waals surface area contributed by atoms with Gasteiger partial charge in [0.2, 0.25) is 6.23 Å². The molecule has 0 bridgehead atoms. The van der Waals surface area contributed by atoms with Gasteiger partial charge < -0.3 is 33.3 Å². The molecule has 1 aliphatic rings. The van der Waals surface area contributed by atoms with Crippen LogP contribution in [0.5, 0.6) is 0 Å². The summed E-state index contributed by atoms with van der Waals surface area (Å²) in [6, 6.07) is 6.18. The van der Waals surface area contributed by atoms with E-state index in [1.54, 1.807) is 37.3 Å². The van der Waals surface area contributed by atoms with Crippen LogP contribution in [0.25, 0.3) is 0 Å². The van der Waals surface area contributed by atoms with Gasteiger partial charge >= 0.3 is 41.8 Å². The molecule has 0 radical (unpaired) electrons. The Morgan fingerprint density at radius 2 is 1.26 bits per heavy atom. The first kappa shape index (κ1) is 34.5. The molecule has 6 atom stereocenters. The third kappa shape index (κ3) is 9.41. The number of benzene rings is 1. The summed E-state index contributed by atoms with van der Waals surface area (Å²) in [4.78, 5) is 89.4. The largest absolute Gasteiger partial charge is 0.462 e. The second-order valence-corrected chi connectivity index (χ2v) is 9.44. The Kier molecular flexibility index (Phi) is 12.5. The lowest BCUT2D eigenvalue weighted by Gasteiger charge is -2.40. The number of hydrogen-bond acceptors (Lipinski definition) is 13. The van der Waals surface area contributed by atoms with Crippen LogP contribution in [0.1, 0.15) is 48.5 Å². The molecule has 15 nitrogen and oxygen atoms in total. The Morgan fingerprint density at radius 3 is 1.72 bits per heavy atom. The minimum atomic E-state index is -1.79. The van der Waals surface area contributed by atoms with E-state index >= 15 is 0 Å². The fraction of sp³-hybridized carbons (Fsp3) is 0.536. The van der Waals surface area contributed by atoms with Gasteiger partial charge in [0.05, 0.1) is 0 Å². The summed E-state index contributed by atoms with van der Waals surface area (Å²) in [6.07, 6.45) is -8.24. The Bertz CT molecular complexity index is 1200. The van der Waals surface area contributed by atoms with Gasteiger partial charge in [-0.3, -0.25) is 33.7 Å². The molecule has 2 rings (SSSR count). The fourth-order valence-electron chi connectivity index (χ4n) is 4.70. The Morgan fingerprint density at radius 1 is 0.721 bits per heavy atom. The third-order valence-corrected chi connectivity index (χ3v) is 6.05. The van der Waals surface area contributed by atoms with E-state index in [0.717, 1.165) is 41.5 Å². The summed E-state index contributed by atoms with van der Waals surface area (Å²) in [5.41, 5.74) is 0.328. The zero-order chi connectivity index (χ0) is 32.4. The number of hydrogen-bond donors (Lipinski definition) is 0. The van der Waals surface area contributed by atoms with E-state index in [0.29, 0.717) is 5.69 Å². The van der Waals surface area contributed by atoms with E-state index in [2.05, 4.69) is 0 Å². The summed E-state index contributed by atoms with van der Waals surface area (Å²) in [7, 11) is 0. The number of carbonyl (C=O) groups excluding carboxylic acids is 7. The van der Waals surface area contributed by atoms with Crippen molar-refractivity contribution in [2.24, 2.45) is 0 Å². The lowest BCUT2D eigenvalue weighted by Crippen LogP contribution is -2.61. The van der Waals surface area contributed by atoms with Crippen LogP contribution in [0.4, 0.5) is 10.5 Å². The van der Waals surface area contributed by atoms with Gasteiger partial charge in [0, 0.05) is 53.8 Å². The van der Waals surface area contributed by atoms with Crippen LogP contribution < -0.4 is 4.90 Å². The monoisotopic (exact) mass is 608 g/mol. The lowest BCUT2D eigenvalue weighted by molar-refractivity contribution is -0.209. The highest BCUT2D eigenvalue weighted by atomic mass is 16.6. The predicted octanol–water partition coefficient (Wildman–Crippen LogP) is 1.50. The molecule has 15 heteroatoms. The standard InChI is InChI=1S/C28H36N2O13/c1-8-29-23(27(43-20(7)36)30(28(29)37)21-12-10-9-11-13-21)25(41-18(5)34)26(42-19(6)35)24(40-17(4)33)22(39-16(3)32)14-38-15(2)31/h9-13,22-27H,8,14H2,1-7H3/t22-,23+,24+,25+,26+,27-/m1/s1. The minimum absolute atomic E-state index is 0.00575. The molecule has 2 amide bonds. The quantitative estimate of drug-likeness (QED) is 0.232. The summed E-state index contributed by atoms with van der Waals surface area (Å²) < 4.78 is 32.6. The smallest absolute Gasteiger partial charge is 0.328 e. The van der Waals surface area contributed by atoms with Crippen molar-refractivity contribution in [1.29, 1.82) is 0 Å². The van der Waals surface area contributed by atoms with Crippen LogP contribution in [0.15, 0.2) is 30.3 Å². The van der Waals surface area contributed by atoms with E-state index in [9.17, 15) is 33.6 Å². The third-order valence-electron chi connectivity index (χ3n) is 6.05. The van der Waals surface area contributed by atoms with Gasteiger partial charge in [-0.2, -0.15) is 0 Å². The first-order valence-corrected chi connectivity index (χ1v) is 13.3. The number of likely N-dealkylation sites (N-methyl/N-ethyl adjacent to an activating group) is 1. The molecule has 1 saturated heterocycles. The van der Waals surface area contributed by atoms with Crippen LogP contribution in [-0.4, -0.2) is 96.6 Å². The first-order valence-electron chi connectivity index (χ1n) is 13.3. The minimum Gasteiger partial charge on any atom is -0.462 e. The van der Waals surface area contributed by atoms with Crippen LogP contribution >= 0.6 is 0 Å². The number of anilines is 1. The zero-order valence-corrected chi connectivity index (χ0v) is 25.0. The van der Waals surface area contributed by atoms with Gasteiger partial charge in [0.25, 0.3) is 0 Å². The molecule has 1 aromatic carbocycles. The maximum absolute atomic E-state index is 13.8. The SMILES string of the molecule is CCN1C(=O)N(c2ccccc2)[C@H](OC(C)=O)[C@@H]1[C@H](OC(C)=O)[C@@H](OC(C)=O)[C@@H](OC(C)=O)[C@@H](COC(C)=O)OC(C)=O. The van der Waals surface area contributed by atoms with Crippen LogP contribution in [-0.2, 0) is 57.2 Å². The number of para-hydroxylation sites is 1. The van der Waals surface area contributed by atoms with Gasteiger partial charge in [-0.05, 0) is 19.1 Å². The highest BCUT2D eigenvalue weighted by Gasteiger charge is 2.58. The van der Waals surface area contributed by atoms with E-state index in [1.165, 1.54) is 9.80 Å². The average molecular weight is 609 g/mol. The van der Waals surface area contributed by atoms with Gasteiger partial charge in [0.15, 0.2) is 24.4 Å². The van der Waals surface area contributed by atoms with Gasteiger partial charge in [0.1, 0.15) is 12.6 Å². The average Bonchev–Trinajstić information content (AvgIpc) is 3.16.